The molecule has 144 valence electrons. The molecule has 1 unspecified atom stereocenters. The monoisotopic (exact) mass is 370 g/mol. The fourth-order valence-corrected chi connectivity index (χ4v) is 4.16. The second-order valence-electron chi connectivity index (χ2n) is 7.16. The second kappa shape index (κ2) is 7.58. The maximum Gasteiger partial charge on any atom is 0.258 e. The first-order chi connectivity index (χ1) is 13.2. The van der Waals surface area contributed by atoms with Crippen LogP contribution in [0.15, 0.2) is 18.2 Å². The van der Waals surface area contributed by atoms with Crippen LogP contribution in [0, 0.1) is 0 Å². The lowest BCUT2D eigenvalue weighted by Gasteiger charge is -2.25. The summed E-state index contributed by atoms with van der Waals surface area (Å²) in [7, 11) is 3.18. The van der Waals surface area contributed by atoms with Crippen molar-refractivity contribution >= 4 is 5.91 Å². The number of likely N-dealkylation sites (tertiary alicyclic amines) is 1. The zero-order valence-corrected chi connectivity index (χ0v) is 16.0. The number of hydrogen-bond acceptors (Lipinski definition) is 5. The minimum atomic E-state index is -0.0250. The molecule has 27 heavy (non-hydrogen) atoms. The molecule has 1 aromatic heterocycles. The number of methoxy groups -OCH3 is 2. The van der Waals surface area contributed by atoms with Crippen LogP contribution in [0.4, 0.5) is 0 Å². The van der Waals surface area contributed by atoms with Gasteiger partial charge in [0, 0.05) is 25.6 Å². The third-order valence-corrected chi connectivity index (χ3v) is 5.59. The van der Waals surface area contributed by atoms with Gasteiger partial charge in [0.1, 0.15) is 17.3 Å². The Morgan fingerprint density at radius 3 is 2.78 bits per heavy atom. The van der Waals surface area contributed by atoms with E-state index in [1.807, 2.05) is 4.90 Å². The lowest BCUT2D eigenvalue weighted by Crippen LogP contribution is -2.32. The number of carbonyl (C=O) groups excluding carboxylic acids is 1. The van der Waals surface area contributed by atoms with Gasteiger partial charge in [-0.25, -0.2) is 0 Å². The van der Waals surface area contributed by atoms with Gasteiger partial charge in [0.2, 0.25) is 0 Å². The van der Waals surface area contributed by atoms with Gasteiger partial charge < -0.3 is 18.9 Å². The van der Waals surface area contributed by atoms with E-state index in [-0.39, 0.29) is 11.9 Å². The van der Waals surface area contributed by atoms with Gasteiger partial charge in [0.15, 0.2) is 5.82 Å². The van der Waals surface area contributed by atoms with Gasteiger partial charge in [-0.1, -0.05) is 6.42 Å². The highest BCUT2D eigenvalue weighted by atomic mass is 16.5. The number of aromatic nitrogens is 3. The average molecular weight is 370 g/mol. The zero-order valence-electron chi connectivity index (χ0n) is 16.0. The molecule has 0 bridgehead atoms. The smallest absolute Gasteiger partial charge is 0.258 e. The molecule has 3 heterocycles. The van der Waals surface area contributed by atoms with Crippen molar-refractivity contribution in [2.75, 3.05) is 20.8 Å². The maximum atomic E-state index is 13.3. The molecule has 1 atom stereocenters. The van der Waals surface area contributed by atoms with Crippen LogP contribution in [0.5, 0.6) is 11.5 Å². The third kappa shape index (κ3) is 3.26. The number of nitrogens with zero attached hydrogens (tertiary/aromatic N) is 4. The molecule has 0 aliphatic carbocycles. The van der Waals surface area contributed by atoms with Crippen molar-refractivity contribution in [1.29, 1.82) is 0 Å². The summed E-state index contributed by atoms with van der Waals surface area (Å²) in [6.07, 6.45) is 6.39. The summed E-state index contributed by atoms with van der Waals surface area (Å²) < 4.78 is 12.9. The topological polar surface area (TPSA) is 69.5 Å². The Bertz CT molecular complexity index is 833. The standard InChI is InChI=1S/C20H26N4O3/c1-26-14-9-10-15(17(13-14)27-2)20(25)23-12-6-7-16(23)19-22-21-18-8-4-3-5-11-24(18)19/h9-10,13,16H,3-8,11-12H2,1-2H3. The van der Waals surface area contributed by atoms with Gasteiger partial charge in [-0.05, 0) is 37.8 Å². The van der Waals surface area contributed by atoms with E-state index < -0.39 is 0 Å². The van der Waals surface area contributed by atoms with Crippen LogP contribution in [0.3, 0.4) is 0 Å². The predicted octanol–water partition coefficient (Wildman–Crippen LogP) is 3.00. The Morgan fingerprint density at radius 2 is 1.96 bits per heavy atom. The lowest BCUT2D eigenvalue weighted by atomic mass is 10.1. The van der Waals surface area contributed by atoms with Crippen LogP contribution >= 0.6 is 0 Å². The van der Waals surface area contributed by atoms with Gasteiger partial charge in [0.25, 0.3) is 5.91 Å². The Labute approximate surface area is 159 Å². The van der Waals surface area contributed by atoms with E-state index >= 15 is 0 Å². The summed E-state index contributed by atoms with van der Waals surface area (Å²) in [5.74, 6) is 3.17. The van der Waals surface area contributed by atoms with Crippen molar-refractivity contribution in [1.82, 2.24) is 19.7 Å². The highest BCUT2D eigenvalue weighted by molar-refractivity contribution is 5.97. The van der Waals surface area contributed by atoms with Crippen LogP contribution in [0.1, 0.15) is 60.2 Å². The molecule has 1 saturated heterocycles. The van der Waals surface area contributed by atoms with Crippen LogP contribution in [-0.4, -0.2) is 46.3 Å². The van der Waals surface area contributed by atoms with Crippen molar-refractivity contribution in [3.05, 3.63) is 35.4 Å². The first kappa shape index (κ1) is 17.8. The number of carbonyl (C=O) groups is 1. The SMILES string of the molecule is COc1ccc(C(=O)N2CCCC2c2nnc3n2CCCCC3)c(OC)c1. The van der Waals surface area contributed by atoms with Crippen LogP contribution in [0.2, 0.25) is 0 Å². The van der Waals surface area contributed by atoms with E-state index in [4.69, 9.17) is 9.47 Å². The van der Waals surface area contributed by atoms with E-state index in [2.05, 4.69) is 14.8 Å². The minimum absolute atomic E-state index is 0.0244. The van der Waals surface area contributed by atoms with E-state index in [0.717, 1.165) is 56.8 Å². The van der Waals surface area contributed by atoms with Crippen LogP contribution in [-0.2, 0) is 13.0 Å². The van der Waals surface area contributed by atoms with Crippen molar-refractivity contribution in [2.45, 2.75) is 51.1 Å². The summed E-state index contributed by atoms with van der Waals surface area (Å²) in [5, 5.41) is 8.90. The molecular formula is C20H26N4O3. The molecule has 1 fully saturated rings. The van der Waals surface area contributed by atoms with E-state index in [1.54, 1.807) is 32.4 Å². The first-order valence-electron chi connectivity index (χ1n) is 9.68. The molecular weight excluding hydrogens is 344 g/mol. The van der Waals surface area contributed by atoms with E-state index in [9.17, 15) is 4.79 Å². The maximum absolute atomic E-state index is 13.3. The number of fused-ring (bicyclic) bond motifs is 1. The number of ether oxygens (including phenoxy) is 2. The molecule has 4 rings (SSSR count). The van der Waals surface area contributed by atoms with Crippen LogP contribution < -0.4 is 9.47 Å². The number of aryl methyl sites for hydroxylation is 1. The summed E-state index contributed by atoms with van der Waals surface area (Å²) in [6, 6.07) is 5.30. The molecule has 0 spiro atoms. The summed E-state index contributed by atoms with van der Waals surface area (Å²) in [5.41, 5.74) is 0.556. The zero-order chi connectivity index (χ0) is 18.8. The Morgan fingerprint density at radius 1 is 1.07 bits per heavy atom. The number of hydrogen-bond donors (Lipinski definition) is 0. The Balaban J connectivity index is 1.64. The fraction of sp³-hybridized carbons (Fsp3) is 0.550. The predicted molar refractivity (Wildman–Crippen MR) is 100 cm³/mol. The Hall–Kier alpha value is -2.57. The molecule has 2 aliphatic heterocycles. The highest BCUT2D eigenvalue weighted by Crippen LogP contribution is 2.35. The van der Waals surface area contributed by atoms with E-state index in [0.29, 0.717) is 17.1 Å². The third-order valence-electron chi connectivity index (χ3n) is 5.59. The number of benzene rings is 1. The van der Waals surface area contributed by atoms with Crippen molar-refractivity contribution < 1.29 is 14.3 Å². The second-order valence-corrected chi connectivity index (χ2v) is 7.16. The molecule has 2 aromatic rings. The quantitative estimate of drug-likeness (QED) is 0.827. The minimum Gasteiger partial charge on any atom is -0.497 e. The summed E-state index contributed by atoms with van der Waals surface area (Å²) in [4.78, 5) is 15.2. The van der Waals surface area contributed by atoms with Crippen molar-refractivity contribution in [2.24, 2.45) is 0 Å². The molecule has 0 radical (unpaired) electrons. The number of rotatable bonds is 4. The molecule has 1 amide bonds. The lowest BCUT2D eigenvalue weighted by molar-refractivity contribution is 0.0723. The molecule has 2 aliphatic rings. The largest absolute Gasteiger partial charge is 0.497 e. The fourth-order valence-electron chi connectivity index (χ4n) is 4.16. The summed E-state index contributed by atoms with van der Waals surface area (Å²) in [6.45, 7) is 1.67. The van der Waals surface area contributed by atoms with Gasteiger partial charge in [0.05, 0.1) is 25.8 Å². The first-order valence-corrected chi connectivity index (χ1v) is 9.68. The van der Waals surface area contributed by atoms with Gasteiger partial charge >= 0.3 is 0 Å². The van der Waals surface area contributed by atoms with Gasteiger partial charge in [-0.15, -0.1) is 10.2 Å². The van der Waals surface area contributed by atoms with Crippen molar-refractivity contribution in [3.63, 3.8) is 0 Å². The molecule has 0 N–H and O–H groups in total. The summed E-state index contributed by atoms with van der Waals surface area (Å²) >= 11 is 0. The van der Waals surface area contributed by atoms with Gasteiger partial charge in [-0.2, -0.15) is 0 Å². The molecule has 7 heteroatoms. The highest BCUT2D eigenvalue weighted by Gasteiger charge is 2.35. The average Bonchev–Trinajstić information content (AvgIpc) is 3.27. The number of amides is 1. The van der Waals surface area contributed by atoms with Gasteiger partial charge in [-0.3, -0.25) is 4.79 Å². The normalized spacial score (nSPS) is 19.5. The van der Waals surface area contributed by atoms with Crippen molar-refractivity contribution in [3.8, 4) is 11.5 Å². The molecule has 1 aromatic carbocycles. The molecule has 7 nitrogen and oxygen atoms in total. The van der Waals surface area contributed by atoms with Crippen LogP contribution in [0.25, 0.3) is 0 Å². The Kier molecular flexibility index (Phi) is 5.01. The van der Waals surface area contributed by atoms with E-state index in [1.165, 1.54) is 6.42 Å². The molecule has 0 saturated carbocycles.